The number of pyridine rings is 1. The first-order valence-electron chi connectivity index (χ1n) is 9.42. The fourth-order valence-corrected chi connectivity index (χ4v) is 3.92. The molecule has 0 saturated heterocycles. The van der Waals surface area contributed by atoms with Crippen molar-refractivity contribution in [3.8, 4) is 5.75 Å². The SMILES string of the molecule is O=C(c1ccc(OCC2CC2)c2oc3ccccc3c12)N([O-])c1c(Cl)cncc1Cl. The molecule has 8 heteroatoms. The largest absolute Gasteiger partial charge is 0.751 e. The molecule has 4 aromatic rings. The van der Waals surface area contributed by atoms with Gasteiger partial charge in [-0.1, -0.05) is 41.4 Å². The summed E-state index contributed by atoms with van der Waals surface area (Å²) in [5, 5.41) is 14.3. The Balaban J connectivity index is 1.65. The average molecular weight is 442 g/mol. The van der Waals surface area contributed by atoms with E-state index in [2.05, 4.69) is 4.98 Å². The van der Waals surface area contributed by atoms with Crippen molar-refractivity contribution < 1.29 is 13.9 Å². The van der Waals surface area contributed by atoms with Gasteiger partial charge in [0.1, 0.15) is 5.58 Å². The summed E-state index contributed by atoms with van der Waals surface area (Å²) < 4.78 is 11.9. The van der Waals surface area contributed by atoms with Crippen molar-refractivity contribution in [2.45, 2.75) is 12.8 Å². The number of aromatic nitrogens is 1. The Morgan fingerprint density at radius 1 is 1.17 bits per heavy atom. The standard InChI is InChI=1S/C22H15Cl2N2O4/c23-15-9-25-10-16(24)20(15)26(28)22(27)14-7-8-18(29-11-12-5-6-12)21-19(14)13-3-1-2-4-17(13)30-21/h1-4,7-10,12H,5-6,11H2/q-1. The molecule has 0 N–H and O–H groups in total. The normalized spacial score (nSPS) is 13.7. The number of carbonyl (C=O) groups is 1. The summed E-state index contributed by atoms with van der Waals surface area (Å²) in [6.07, 6.45) is 4.83. The zero-order valence-electron chi connectivity index (χ0n) is 15.6. The maximum Gasteiger partial charge on any atom is 0.248 e. The van der Waals surface area contributed by atoms with E-state index in [9.17, 15) is 10.0 Å². The average Bonchev–Trinajstić information content (AvgIpc) is 3.49. The van der Waals surface area contributed by atoms with Gasteiger partial charge in [-0.25, -0.2) is 0 Å². The number of anilines is 1. The highest BCUT2D eigenvalue weighted by atomic mass is 35.5. The number of nitrogens with zero attached hydrogens (tertiary/aromatic N) is 2. The number of hydrogen-bond donors (Lipinski definition) is 0. The molecule has 30 heavy (non-hydrogen) atoms. The number of hydroxylamine groups is 1. The van der Waals surface area contributed by atoms with E-state index >= 15 is 0 Å². The predicted octanol–water partition coefficient (Wildman–Crippen LogP) is 6.22. The van der Waals surface area contributed by atoms with E-state index in [1.807, 2.05) is 18.2 Å². The molecule has 1 amide bonds. The summed E-state index contributed by atoms with van der Waals surface area (Å²) in [4.78, 5) is 17.0. The van der Waals surface area contributed by atoms with Gasteiger partial charge in [0.25, 0.3) is 0 Å². The lowest BCUT2D eigenvalue weighted by molar-refractivity contribution is 0.0999. The summed E-state index contributed by atoms with van der Waals surface area (Å²) >= 11 is 12.1. The number of hydrogen-bond acceptors (Lipinski definition) is 5. The smallest absolute Gasteiger partial charge is 0.248 e. The van der Waals surface area contributed by atoms with E-state index in [4.69, 9.17) is 32.4 Å². The highest BCUT2D eigenvalue weighted by molar-refractivity contribution is 6.40. The second-order valence-corrected chi connectivity index (χ2v) is 8.03. The van der Waals surface area contributed by atoms with E-state index in [0.29, 0.717) is 40.2 Å². The Hall–Kier alpha value is -2.80. The predicted molar refractivity (Wildman–Crippen MR) is 116 cm³/mol. The fraction of sp³-hybridized carbons (Fsp3) is 0.182. The first-order chi connectivity index (χ1) is 14.5. The van der Waals surface area contributed by atoms with Crippen LogP contribution in [0, 0.1) is 11.1 Å². The third-order valence-corrected chi connectivity index (χ3v) is 5.66. The second kappa shape index (κ2) is 7.47. The van der Waals surface area contributed by atoms with Crippen molar-refractivity contribution in [2.24, 2.45) is 5.92 Å². The summed E-state index contributed by atoms with van der Waals surface area (Å²) in [6, 6.07) is 10.6. The zero-order chi connectivity index (χ0) is 20.8. The van der Waals surface area contributed by atoms with Gasteiger partial charge >= 0.3 is 0 Å². The molecule has 1 saturated carbocycles. The maximum atomic E-state index is 13.2. The van der Waals surface area contributed by atoms with Crippen molar-refractivity contribution >= 4 is 56.7 Å². The van der Waals surface area contributed by atoms with Crippen molar-refractivity contribution in [1.82, 2.24) is 4.98 Å². The maximum absolute atomic E-state index is 13.2. The van der Waals surface area contributed by atoms with Gasteiger partial charge in [-0.2, -0.15) is 0 Å². The molecule has 0 unspecified atom stereocenters. The lowest BCUT2D eigenvalue weighted by Gasteiger charge is -2.30. The van der Waals surface area contributed by atoms with Crippen LogP contribution in [-0.4, -0.2) is 17.5 Å². The van der Waals surface area contributed by atoms with Gasteiger partial charge in [0.05, 0.1) is 27.9 Å². The van der Waals surface area contributed by atoms with Gasteiger partial charge in [-0.05, 0) is 37.0 Å². The Morgan fingerprint density at radius 3 is 2.63 bits per heavy atom. The molecule has 6 nitrogen and oxygen atoms in total. The third kappa shape index (κ3) is 3.27. The first kappa shape index (κ1) is 19.2. The monoisotopic (exact) mass is 441 g/mol. The molecule has 0 aliphatic heterocycles. The molecule has 0 bridgehead atoms. The molecule has 5 rings (SSSR count). The molecule has 2 aromatic carbocycles. The Kier molecular flexibility index (Phi) is 4.77. The van der Waals surface area contributed by atoms with Crippen LogP contribution in [0.4, 0.5) is 5.69 Å². The molecule has 2 aromatic heterocycles. The third-order valence-electron chi connectivity index (χ3n) is 5.11. The quantitative estimate of drug-likeness (QED) is 0.343. The fourth-order valence-electron chi connectivity index (χ4n) is 3.40. The Morgan fingerprint density at radius 2 is 1.90 bits per heavy atom. The second-order valence-electron chi connectivity index (χ2n) is 7.22. The van der Waals surface area contributed by atoms with Crippen LogP contribution >= 0.6 is 23.2 Å². The summed E-state index contributed by atoms with van der Waals surface area (Å²) in [5.74, 6) is 0.288. The summed E-state index contributed by atoms with van der Waals surface area (Å²) in [6.45, 7) is 0.593. The molecule has 152 valence electrons. The van der Waals surface area contributed by atoms with Gasteiger partial charge in [0, 0.05) is 23.2 Å². The summed E-state index contributed by atoms with van der Waals surface area (Å²) in [5.41, 5.74) is 1.06. The minimum atomic E-state index is -0.810. The number of fused-ring (bicyclic) bond motifs is 3. The van der Waals surface area contributed by atoms with Gasteiger partial charge in [-0.3, -0.25) is 9.78 Å². The molecule has 2 heterocycles. The molecule has 0 atom stereocenters. The first-order valence-corrected chi connectivity index (χ1v) is 10.2. The molecule has 0 spiro atoms. The summed E-state index contributed by atoms with van der Waals surface area (Å²) in [7, 11) is 0. The zero-order valence-corrected chi connectivity index (χ0v) is 17.1. The van der Waals surface area contributed by atoms with Crippen molar-refractivity contribution in [2.75, 3.05) is 11.7 Å². The van der Waals surface area contributed by atoms with Gasteiger partial charge in [0.2, 0.25) is 5.91 Å². The number of carbonyl (C=O) groups excluding carboxylic acids is 1. The lowest BCUT2D eigenvalue weighted by atomic mass is 10.0. The molecule has 0 radical (unpaired) electrons. The highest BCUT2D eigenvalue weighted by Crippen LogP contribution is 2.40. The van der Waals surface area contributed by atoms with Gasteiger partial charge < -0.3 is 19.4 Å². The van der Waals surface area contributed by atoms with Crippen molar-refractivity contribution in [3.63, 3.8) is 0 Å². The van der Waals surface area contributed by atoms with E-state index < -0.39 is 5.91 Å². The van der Waals surface area contributed by atoms with Crippen LogP contribution < -0.4 is 9.80 Å². The van der Waals surface area contributed by atoms with E-state index in [1.54, 1.807) is 18.2 Å². The Labute approximate surface area is 181 Å². The van der Waals surface area contributed by atoms with Crippen LogP contribution in [-0.2, 0) is 0 Å². The van der Waals surface area contributed by atoms with Crippen LogP contribution in [0.3, 0.4) is 0 Å². The number of amides is 1. The molecular formula is C22H15Cl2N2O4-. The highest BCUT2D eigenvalue weighted by Gasteiger charge is 2.25. The molecular weight excluding hydrogens is 427 g/mol. The minimum Gasteiger partial charge on any atom is -0.751 e. The Bertz CT molecular complexity index is 1260. The van der Waals surface area contributed by atoms with Crippen molar-refractivity contribution in [1.29, 1.82) is 0 Å². The van der Waals surface area contributed by atoms with Crippen molar-refractivity contribution in [3.05, 3.63) is 69.6 Å². The molecule has 1 fully saturated rings. The van der Waals surface area contributed by atoms with Crippen LogP contribution in [0.5, 0.6) is 5.75 Å². The molecule has 1 aliphatic rings. The number of rotatable bonds is 5. The number of para-hydroxylation sites is 1. The topological polar surface area (TPSA) is 78.6 Å². The van der Waals surface area contributed by atoms with Gasteiger partial charge in [0.15, 0.2) is 11.3 Å². The van der Waals surface area contributed by atoms with Crippen LogP contribution in [0.1, 0.15) is 23.2 Å². The van der Waals surface area contributed by atoms with E-state index in [1.165, 1.54) is 12.4 Å². The number of furan rings is 1. The van der Waals surface area contributed by atoms with Gasteiger partial charge in [-0.15, -0.1) is 0 Å². The lowest BCUT2D eigenvalue weighted by Crippen LogP contribution is -2.25. The van der Waals surface area contributed by atoms with E-state index in [0.717, 1.165) is 12.8 Å². The molecule has 1 aliphatic carbocycles. The van der Waals surface area contributed by atoms with Crippen LogP contribution in [0.15, 0.2) is 53.2 Å². The number of benzene rings is 2. The van der Waals surface area contributed by atoms with Crippen LogP contribution in [0.2, 0.25) is 10.0 Å². The van der Waals surface area contributed by atoms with E-state index in [-0.39, 0.29) is 26.4 Å². The number of halogens is 2. The van der Waals surface area contributed by atoms with Crippen LogP contribution in [0.25, 0.3) is 21.9 Å². The minimum absolute atomic E-state index is 0.0106. The number of ether oxygens (including phenoxy) is 1.